The lowest BCUT2D eigenvalue weighted by Crippen LogP contribution is -2.19. The first-order valence-electron chi connectivity index (χ1n) is 5.69. The number of rotatable bonds is 3. The Morgan fingerprint density at radius 1 is 1.33 bits per heavy atom. The normalized spacial score (nSPS) is 11.5. The standard InChI is InChI=1S/C14H15NO3/c1-9-6-4-5-7-10(9)14(2,3)12-8-11(13(16)17)15-18-12/h4-8H,1-3H3,(H,16,17). The second-order valence-electron chi connectivity index (χ2n) is 4.82. The van der Waals surface area contributed by atoms with Gasteiger partial charge in [-0.3, -0.25) is 0 Å². The summed E-state index contributed by atoms with van der Waals surface area (Å²) >= 11 is 0. The van der Waals surface area contributed by atoms with Crippen LogP contribution in [-0.2, 0) is 5.41 Å². The molecule has 0 unspecified atom stereocenters. The number of aryl methyl sites for hydroxylation is 1. The minimum atomic E-state index is -1.08. The number of benzene rings is 1. The second-order valence-corrected chi connectivity index (χ2v) is 4.82. The van der Waals surface area contributed by atoms with E-state index in [0.717, 1.165) is 11.1 Å². The van der Waals surface area contributed by atoms with Crippen LogP contribution in [0.25, 0.3) is 0 Å². The minimum absolute atomic E-state index is 0.0633. The van der Waals surface area contributed by atoms with Gasteiger partial charge in [-0.25, -0.2) is 4.79 Å². The molecular formula is C14H15NO3. The van der Waals surface area contributed by atoms with E-state index in [-0.39, 0.29) is 5.69 Å². The van der Waals surface area contributed by atoms with Crippen molar-refractivity contribution >= 4 is 5.97 Å². The van der Waals surface area contributed by atoms with Crippen molar-refractivity contribution in [2.45, 2.75) is 26.2 Å². The van der Waals surface area contributed by atoms with Gasteiger partial charge < -0.3 is 9.63 Å². The van der Waals surface area contributed by atoms with Crippen molar-refractivity contribution in [2.24, 2.45) is 0 Å². The zero-order chi connectivity index (χ0) is 13.3. The summed E-state index contributed by atoms with van der Waals surface area (Å²) in [5, 5.41) is 12.4. The highest BCUT2D eigenvalue weighted by atomic mass is 16.5. The number of carboxylic acid groups (broad SMARTS) is 1. The van der Waals surface area contributed by atoms with Gasteiger partial charge in [-0.15, -0.1) is 0 Å². The van der Waals surface area contributed by atoms with Gasteiger partial charge in [0.2, 0.25) is 0 Å². The molecule has 0 aliphatic rings. The lowest BCUT2D eigenvalue weighted by molar-refractivity contribution is 0.0685. The summed E-state index contributed by atoms with van der Waals surface area (Å²) in [6.07, 6.45) is 0. The van der Waals surface area contributed by atoms with E-state index < -0.39 is 11.4 Å². The van der Waals surface area contributed by atoms with Crippen LogP contribution in [0, 0.1) is 6.92 Å². The molecule has 1 aromatic heterocycles. The molecule has 0 bridgehead atoms. The molecule has 0 aliphatic carbocycles. The quantitative estimate of drug-likeness (QED) is 0.902. The van der Waals surface area contributed by atoms with Gasteiger partial charge in [0.25, 0.3) is 0 Å². The van der Waals surface area contributed by atoms with E-state index in [4.69, 9.17) is 9.63 Å². The molecule has 18 heavy (non-hydrogen) atoms. The molecule has 0 aliphatic heterocycles. The van der Waals surface area contributed by atoms with E-state index in [9.17, 15) is 4.79 Å². The maximum absolute atomic E-state index is 10.8. The van der Waals surface area contributed by atoms with E-state index in [0.29, 0.717) is 5.76 Å². The van der Waals surface area contributed by atoms with Crippen molar-refractivity contribution in [1.29, 1.82) is 0 Å². The predicted octanol–water partition coefficient (Wildman–Crippen LogP) is 3.01. The van der Waals surface area contributed by atoms with Gasteiger partial charge in [0.05, 0.1) is 5.41 Å². The maximum atomic E-state index is 10.8. The highest BCUT2D eigenvalue weighted by molar-refractivity contribution is 5.85. The van der Waals surface area contributed by atoms with Crippen molar-refractivity contribution in [3.8, 4) is 0 Å². The Labute approximate surface area is 105 Å². The average Bonchev–Trinajstić information content (AvgIpc) is 2.79. The van der Waals surface area contributed by atoms with Gasteiger partial charge in [0, 0.05) is 6.07 Å². The van der Waals surface area contributed by atoms with E-state index in [1.165, 1.54) is 6.07 Å². The molecule has 94 valence electrons. The van der Waals surface area contributed by atoms with E-state index in [2.05, 4.69) is 5.16 Å². The Balaban J connectivity index is 2.47. The van der Waals surface area contributed by atoms with Gasteiger partial charge in [0.1, 0.15) is 5.76 Å². The van der Waals surface area contributed by atoms with Gasteiger partial charge in [0.15, 0.2) is 5.69 Å². The summed E-state index contributed by atoms with van der Waals surface area (Å²) in [4.78, 5) is 10.8. The minimum Gasteiger partial charge on any atom is -0.476 e. The lowest BCUT2D eigenvalue weighted by atomic mass is 9.80. The van der Waals surface area contributed by atoms with Crippen LogP contribution in [0.1, 0.15) is 41.2 Å². The average molecular weight is 245 g/mol. The Morgan fingerprint density at radius 3 is 2.56 bits per heavy atom. The van der Waals surface area contributed by atoms with E-state index in [1.54, 1.807) is 0 Å². The number of aromatic nitrogens is 1. The maximum Gasteiger partial charge on any atom is 0.358 e. The van der Waals surface area contributed by atoms with E-state index >= 15 is 0 Å². The molecule has 1 aromatic carbocycles. The van der Waals surface area contributed by atoms with Crippen LogP contribution in [0.15, 0.2) is 34.9 Å². The Hall–Kier alpha value is -2.10. The van der Waals surface area contributed by atoms with Gasteiger partial charge in [-0.05, 0) is 31.9 Å². The molecule has 0 amide bonds. The fourth-order valence-electron chi connectivity index (χ4n) is 2.08. The summed E-state index contributed by atoms with van der Waals surface area (Å²) in [6.45, 7) is 5.99. The molecule has 1 heterocycles. The van der Waals surface area contributed by atoms with Crippen LogP contribution in [-0.4, -0.2) is 16.2 Å². The molecule has 4 heteroatoms. The summed E-state index contributed by atoms with van der Waals surface area (Å²) in [5.41, 5.74) is 1.76. The van der Waals surface area contributed by atoms with Crippen molar-refractivity contribution < 1.29 is 14.4 Å². The molecule has 0 saturated carbocycles. The first-order chi connectivity index (χ1) is 8.43. The van der Waals surface area contributed by atoms with Crippen molar-refractivity contribution in [3.63, 3.8) is 0 Å². The number of aromatic carboxylic acids is 1. The zero-order valence-corrected chi connectivity index (χ0v) is 10.6. The highest BCUT2D eigenvalue weighted by Crippen LogP contribution is 2.33. The SMILES string of the molecule is Cc1ccccc1C(C)(C)c1cc(C(=O)O)no1. The second kappa shape index (κ2) is 4.29. The van der Waals surface area contributed by atoms with Crippen LogP contribution in [0.2, 0.25) is 0 Å². The zero-order valence-electron chi connectivity index (χ0n) is 10.6. The summed E-state index contributed by atoms with van der Waals surface area (Å²) in [6, 6.07) is 9.44. The highest BCUT2D eigenvalue weighted by Gasteiger charge is 2.30. The molecule has 4 nitrogen and oxygen atoms in total. The fourth-order valence-corrected chi connectivity index (χ4v) is 2.08. The monoisotopic (exact) mass is 245 g/mol. The predicted molar refractivity (Wildman–Crippen MR) is 66.8 cm³/mol. The van der Waals surface area contributed by atoms with Crippen molar-refractivity contribution in [3.05, 3.63) is 52.9 Å². The van der Waals surface area contributed by atoms with E-state index in [1.807, 2.05) is 45.0 Å². The smallest absolute Gasteiger partial charge is 0.358 e. The lowest BCUT2D eigenvalue weighted by Gasteiger charge is -2.23. The van der Waals surface area contributed by atoms with Crippen LogP contribution < -0.4 is 0 Å². The topological polar surface area (TPSA) is 63.3 Å². The van der Waals surface area contributed by atoms with Crippen molar-refractivity contribution in [2.75, 3.05) is 0 Å². The molecule has 1 N–H and O–H groups in total. The fraction of sp³-hybridized carbons (Fsp3) is 0.286. The largest absolute Gasteiger partial charge is 0.476 e. The third-order valence-corrected chi connectivity index (χ3v) is 3.16. The van der Waals surface area contributed by atoms with Crippen LogP contribution in [0.5, 0.6) is 0 Å². The molecule has 0 radical (unpaired) electrons. The van der Waals surface area contributed by atoms with Gasteiger partial charge in [-0.2, -0.15) is 0 Å². The van der Waals surface area contributed by atoms with Crippen LogP contribution >= 0.6 is 0 Å². The summed E-state index contributed by atoms with van der Waals surface area (Å²) in [5.74, 6) is -0.528. The molecule has 0 spiro atoms. The number of carboxylic acids is 1. The Bertz CT molecular complexity index is 584. The molecule has 2 aromatic rings. The first kappa shape index (κ1) is 12.4. The Kier molecular flexibility index (Phi) is 2.95. The van der Waals surface area contributed by atoms with Gasteiger partial charge >= 0.3 is 5.97 Å². The van der Waals surface area contributed by atoms with Gasteiger partial charge in [-0.1, -0.05) is 29.4 Å². The number of hydrogen-bond donors (Lipinski definition) is 1. The molecule has 2 rings (SSSR count). The molecule has 0 saturated heterocycles. The Morgan fingerprint density at radius 2 is 2.00 bits per heavy atom. The molecular weight excluding hydrogens is 230 g/mol. The summed E-state index contributed by atoms with van der Waals surface area (Å²) < 4.78 is 5.17. The number of hydrogen-bond acceptors (Lipinski definition) is 3. The third kappa shape index (κ3) is 2.01. The first-order valence-corrected chi connectivity index (χ1v) is 5.69. The molecule has 0 fully saturated rings. The number of nitrogens with zero attached hydrogens (tertiary/aromatic N) is 1. The third-order valence-electron chi connectivity index (χ3n) is 3.16. The molecule has 0 atom stereocenters. The van der Waals surface area contributed by atoms with Crippen molar-refractivity contribution in [1.82, 2.24) is 5.16 Å². The van der Waals surface area contributed by atoms with Crippen LogP contribution in [0.3, 0.4) is 0 Å². The summed E-state index contributed by atoms with van der Waals surface area (Å²) in [7, 11) is 0. The van der Waals surface area contributed by atoms with Crippen LogP contribution in [0.4, 0.5) is 0 Å². The number of carbonyl (C=O) groups is 1.